The molecule has 0 saturated carbocycles. The van der Waals surface area contributed by atoms with Gasteiger partial charge in [-0.25, -0.2) is 9.37 Å². The molecule has 2 atom stereocenters. The molecule has 0 fully saturated rings. The molecule has 1 heterocycles. The number of halogens is 2. The van der Waals surface area contributed by atoms with Crippen molar-refractivity contribution in [1.82, 2.24) is 4.98 Å². The summed E-state index contributed by atoms with van der Waals surface area (Å²) in [5.41, 5.74) is 0. The SMILES string of the molecule is COC(=O)[C@@H]1CC=C[C@@H](Nc2nccc(Br)c2F)C1. The molecule has 0 aromatic carbocycles. The van der Waals surface area contributed by atoms with Gasteiger partial charge in [0.05, 0.1) is 17.5 Å². The number of rotatable bonds is 3. The Balaban J connectivity index is 2.07. The maximum Gasteiger partial charge on any atom is 0.309 e. The van der Waals surface area contributed by atoms with Gasteiger partial charge in [-0.3, -0.25) is 4.79 Å². The minimum absolute atomic E-state index is 0.130. The van der Waals surface area contributed by atoms with Crippen LogP contribution in [0.2, 0.25) is 0 Å². The van der Waals surface area contributed by atoms with Gasteiger partial charge in [0, 0.05) is 12.2 Å². The first-order valence-corrected chi connectivity index (χ1v) is 6.72. The molecule has 4 nitrogen and oxygen atoms in total. The molecule has 0 amide bonds. The highest BCUT2D eigenvalue weighted by molar-refractivity contribution is 9.10. The summed E-state index contributed by atoms with van der Waals surface area (Å²) in [5, 5.41) is 2.99. The van der Waals surface area contributed by atoms with Gasteiger partial charge >= 0.3 is 5.97 Å². The second-order valence-electron chi connectivity index (χ2n) is 4.33. The smallest absolute Gasteiger partial charge is 0.309 e. The summed E-state index contributed by atoms with van der Waals surface area (Å²) in [6.07, 6.45) is 6.55. The lowest BCUT2D eigenvalue weighted by atomic mass is 9.91. The van der Waals surface area contributed by atoms with Crippen molar-refractivity contribution in [3.63, 3.8) is 0 Å². The van der Waals surface area contributed by atoms with Gasteiger partial charge in [0.25, 0.3) is 0 Å². The van der Waals surface area contributed by atoms with Crippen LogP contribution in [0.3, 0.4) is 0 Å². The first kappa shape index (κ1) is 14.0. The molecule has 102 valence electrons. The molecule has 1 aliphatic carbocycles. The van der Waals surface area contributed by atoms with Crippen LogP contribution in [-0.4, -0.2) is 24.1 Å². The fraction of sp³-hybridized carbons (Fsp3) is 0.385. The molecule has 0 spiro atoms. The van der Waals surface area contributed by atoms with Crippen molar-refractivity contribution in [3.8, 4) is 0 Å². The molecule has 2 rings (SSSR count). The maximum atomic E-state index is 13.8. The number of carbonyl (C=O) groups is 1. The summed E-state index contributed by atoms with van der Waals surface area (Å²) in [6.45, 7) is 0. The van der Waals surface area contributed by atoms with E-state index in [1.807, 2.05) is 12.2 Å². The van der Waals surface area contributed by atoms with E-state index in [1.54, 1.807) is 0 Å². The van der Waals surface area contributed by atoms with Gasteiger partial charge in [0.15, 0.2) is 11.6 Å². The van der Waals surface area contributed by atoms with E-state index in [2.05, 4.69) is 26.2 Å². The van der Waals surface area contributed by atoms with Crippen molar-refractivity contribution in [2.75, 3.05) is 12.4 Å². The standard InChI is InChI=1S/C13H14BrFN2O2/c1-19-13(18)8-3-2-4-9(7-8)17-12-11(15)10(14)5-6-16-12/h2,4-6,8-9H,3,7H2,1H3,(H,16,17)/t8-,9-/m1/s1. The lowest BCUT2D eigenvalue weighted by molar-refractivity contribution is -0.145. The van der Waals surface area contributed by atoms with E-state index in [9.17, 15) is 9.18 Å². The number of hydrogen-bond acceptors (Lipinski definition) is 4. The molecule has 1 aromatic heterocycles. The second-order valence-corrected chi connectivity index (χ2v) is 5.18. The van der Waals surface area contributed by atoms with E-state index in [-0.39, 0.29) is 23.7 Å². The first-order chi connectivity index (χ1) is 9.11. The van der Waals surface area contributed by atoms with Gasteiger partial charge in [-0.2, -0.15) is 0 Å². The highest BCUT2D eigenvalue weighted by Gasteiger charge is 2.25. The van der Waals surface area contributed by atoms with Crippen LogP contribution >= 0.6 is 15.9 Å². The molecule has 0 radical (unpaired) electrons. The van der Waals surface area contributed by atoms with Gasteiger partial charge in [-0.05, 0) is 34.8 Å². The van der Waals surface area contributed by atoms with E-state index >= 15 is 0 Å². The predicted molar refractivity (Wildman–Crippen MR) is 73.2 cm³/mol. The minimum Gasteiger partial charge on any atom is -0.469 e. The Hall–Kier alpha value is -1.43. The van der Waals surface area contributed by atoms with E-state index in [0.29, 0.717) is 17.3 Å². The molecule has 1 aliphatic rings. The van der Waals surface area contributed by atoms with Crippen molar-refractivity contribution in [2.24, 2.45) is 5.92 Å². The van der Waals surface area contributed by atoms with Crippen molar-refractivity contribution in [3.05, 3.63) is 34.7 Å². The predicted octanol–water partition coefficient (Wildman–Crippen LogP) is 2.90. The number of aromatic nitrogens is 1. The number of hydrogen-bond donors (Lipinski definition) is 1. The number of anilines is 1. The fourth-order valence-electron chi connectivity index (χ4n) is 2.05. The van der Waals surface area contributed by atoms with Gasteiger partial charge in [0.2, 0.25) is 0 Å². The number of nitrogens with one attached hydrogen (secondary N) is 1. The summed E-state index contributed by atoms with van der Waals surface area (Å²) in [5.74, 6) is -0.688. The van der Waals surface area contributed by atoms with Crippen LogP contribution in [0.25, 0.3) is 0 Å². The van der Waals surface area contributed by atoms with Crippen molar-refractivity contribution >= 4 is 27.7 Å². The topological polar surface area (TPSA) is 51.2 Å². The van der Waals surface area contributed by atoms with Gasteiger partial charge in [-0.1, -0.05) is 12.2 Å². The normalized spacial score (nSPS) is 22.1. The van der Waals surface area contributed by atoms with E-state index < -0.39 is 5.82 Å². The summed E-state index contributed by atoms with van der Waals surface area (Å²) in [4.78, 5) is 15.5. The average molecular weight is 329 g/mol. The van der Waals surface area contributed by atoms with Crippen molar-refractivity contribution < 1.29 is 13.9 Å². The molecular weight excluding hydrogens is 315 g/mol. The molecular formula is C13H14BrFN2O2. The fourth-order valence-corrected chi connectivity index (χ4v) is 2.36. The Kier molecular flexibility index (Phi) is 4.52. The van der Waals surface area contributed by atoms with Crippen molar-refractivity contribution in [1.29, 1.82) is 0 Å². The Morgan fingerprint density at radius 3 is 3.16 bits per heavy atom. The number of carbonyl (C=O) groups excluding carboxylic acids is 1. The monoisotopic (exact) mass is 328 g/mol. The van der Waals surface area contributed by atoms with Crippen LogP contribution in [0.4, 0.5) is 10.2 Å². The zero-order valence-electron chi connectivity index (χ0n) is 10.4. The zero-order chi connectivity index (χ0) is 13.8. The third-order valence-electron chi connectivity index (χ3n) is 3.03. The zero-order valence-corrected chi connectivity index (χ0v) is 12.0. The Morgan fingerprint density at radius 2 is 2.42 bits per heavy atom. The van der Waals surface area contributed by atoms with Crippen molar-refractivity contribution in [2.45, 2.75) is 18.9 Å². The van der Waals surface area contributed by atoms with E-state index in [1.165, 1.54) is 19.4 Å². The lowest BCUT2D eigenvalue weighted by Gasteiger charge is -2.24. The Labute approximate surface area is 119 Å². The molecule has 0 bridgehead atoms. The molecule has 0 unspecified atom stereocenters. The van der Waals surface area contributed by atoms with Crippen LogP contribution in [0, 0.1) is 11.7 Å². The van der Waals surface area contributed by atoms with Crippen LogP contribution < -0.4 is 5.32 Å². The number of methoxy groups -OCH3 is 1. The number of ether oxygens (including phenoxy) is 1. The summed E-state index contributed by atoms with van der Waals surface area (Å²) in [6, 6.07) is 1.41. The Bertz CT molecular complexity index is 507. The highest BCUT2D eigenvalue weighted by Crippen LogP contribution is 2.25. The summed E-state index contributed by atoms with van der Waals surface area (Å²) < 4.78 is 18.9. The number of pyridine rings is 1. The van der Waals surface area contributed by atoms with E-state index in [0.717, 1.165) is 0 Å². The van der Waals surface area contributed by atoms with E-state index in [4.69, 9.17) is 4.74 Å². The van der Waals surface area contributed by atoms with Crippen LogP contribution in [-0.2, 0) is 9.53 Å². The van der Waals surface area contributed by atoms with Crippen LogP contribution in [0.1, 0.15) is 12.8 Å². The summed E-state index contributed by atoms with van der Waals surface area (Å²) in [7, 11) is 1.37. The number of esters is 1. The van der Waals surface area contributed by atoms with Gasteiger partial charge in [0.1, 0.15) is 0 Å². The molecule has 19 heavy (non-hydrogen) atoms. The largest absolute Gasteiger partial charge is 0.469 e. The average Bonchev–Trinajstić information content (AvgIpc) is 2.43. The Morgan fingerprint density at radius 1 is 1.63 bits per heavy atom. The second kappa shape index (κ2) is 6.14. The minimum atomic E-state index is -0.434. The third-order valence-corrected chi connectivity index (χ3v) is 3.64. The van der Waals surface area contributed by atoms with Crippen LogP contribution in [0.5, 0.6) is 0 Å². The maximum absolute atomic E-state index is 13.8. The number of allylic oxidation sites excluding steroid dienone is 1. The van der Waals surface area contributed by atoms with Crippen LogP contribution in [0.15, 0.2) is 28.9 Å². The first-order valence-electron chi connectivity index (χ1n) is 5.93. The molecule has 1 aromatic rings. The highest BCUT2D eigenvalue weighted by atomic mass is 79.9. The van der Waals surface area contributed by atoms with Gasteiger partial charge in [-0.15, -0.1) is 0 Å². The molecule has 0 aliphatic heterocycles. The molecule has 1 N–H and O–H groups in total. The lowest BCUT2D eigenvalue weighted by Crippen LogP contribution is -2.29. The third kappa shape index (κ3) is 3.32. The summed E-state index contributed by atoms with van der Waals surface area (Å²) >= 11 is 3.11. The molecule has 0 saturated heterocycles. The molecule has 6 heteroatoms. The van der Waals surface area contributed by atoms with Gasteiger partial charge < -0.3 is 10.1 Å². The number of nitrogens with zero attached hydrogens (tertiary/aromatic N) is 1. The quantitative estimate of drug-likeness (QED) is 0.684.